The summed E-state index contributed by atoms with van der Waals surface area (Å²) in [5.74, 6) is 1.05. The highest BCUT2D eigenvalue weighted by Crippen LogP contribution is 2.32. The molecule has 0 heterocycles. The van der Waals surface area contributed by atoms with E-state index in [0.29, 0.717) is 0 Å². The maximum atomic E-state index is 5.76. The van der Waals surface area contributed by atoms with Crippen molar-refractivity contribution in [1.82, 2.24) is 0 Å². The third-order valence-electron chi connectivity index (χ3n) is 2.78. The molecule has 1 aromatic rings. The fraction of sp³-hybridized carbons (Fsp3) is 0.429. The van der Waals surface area contributed by atoms with Gasteiger partial charge in [0.15, 0.2) is 0 Å². The van der Waals surface area contributed by atoms with Crippen molar-refractivity contribution in [3.63, 3.8) is 0 Å². The van der Waals surface area contributed by atoms with Crippen molar-refractivity contribution in [3.8, 4) is 5.75 Å². The van der Waals surface area contributed by atoms with Crippen LogP contribution in [0.1, 0.15) is 43.7 Å². The Morgan fingerprint density at radius 3 is 2.73 bits per heavy atom. The van der Waals surface area contributed by atoms with Gasteiger partial charge in [-0.1, -0.05) is 50.5 Å². The number of hydrogen-bond acceptors (Lipinski definition) is 1. The zero-order valence-corrected chi connectivity index (χ0v) is 9.33. The van der Waals surface area contributed by atoms with Gasteiger partial charge in [-0.2, -0.15) is 0 Å². The number of rotatable bonds is 6. The van der Waals surface area contributed by atoms with E-state index in [1.807, 2.05) is 0 Å². The third-order valence-corrected chi connectivity index (χ3v) is 2.78. The highest BCUT2D eigenvalue weighted by Gasteiger charge is 2.10. The normalized spacial score (nSPS) is 12.1. The third kappa shape index (κ3) is 2.41. The van der Waals surface area contributed by atoms with Crippen LogP contribution in [0, 0.1) is 0 Å². The van der Waals surface area contributed by atoms with Gasteiger partial charge in [-0.3, -0.25) is 0 Å². The summed E-state index contributed by atoms with van der Waals surface area (Å²) in [6.07, 6.45) is 9.29. The molecule has 0 atom stereocenters. The summed E-state index contributed by atoms with van der Waals surface area (Å²) in [5.41, 5.74) is 2.58. The first-order chi connectivity index (χ1) is 7.42. The van der Waals surface area contributed by atoms with Gasteiger partial charge in [-0.15, -0.1) is 0 Å². The molecule has 1 nitrogen and oxygen atoms in total. The Bertz CT molecular complexity index is 352. The molecule has 2 rings (SSSR count). The van der Waals surface area contributed by atoms with E-state index >= 15 is 0 Å². The molecule has 0 bridgehead atoms. The largest absolute Gasteiger partial charge is 0.493 e. The molecule has 1 aliphatic carbocycles. The fourth-order valence-corrected chi connectivity index (χ4v) is 1.80. The summed E-state index contributed by atoms with van der Waals surface area (Å²) < 4.78 is 5.76. The molecule has 0 saturated heterocycles. The van der Waals surface area contributed by atoms with Crippen molar-refractivity contribution >= 4 is 12.2 Å². The van der Waals surface area contributed by atoms with Gasteiger partial charge in [0.1, 0.15) is 5.75 Å². The molecule has 0 amide bonds. The molecular formula is C14H18O. The van der Waals surface area contributed by atoms with Gasteiger partial charge < -0.3 is 4.74 Å². The highest BCUT2D eigenvalue weighted by molar-refractivity contribution is 5.88. The molecule has 1 aliphatic rings. The number of benzene rings is 1. The predicted octanol–water partition coefficient (Wildman–Crippen LogP) is 4.13. The summed E-state index contributed by atoms with van der Waals surface area (Å²) in [6.45, 7) is 3.08. The number of ether oxygens (including phenoxy) is 1. The molecule has 80 valence electrons. The van der Waals surface area contributed by atoms with Crippen molar-refractivity contribution in [2.45, 2.75) is 32.6 Å². The smallest absolute Gasteiger partial charge is 0.127 e. The van der Waals surface area contributed by atoms with Crippen LogP contribution < -0.4 is 4.74 Å². The second-order valence-electron chi connectivity index (χ2n) is 4.00. The molecule has 0 spiro atoms. The monoisotopic (exact) mass is 202 g/mol. The van der Waals surface area contributed by atoms with Crippen molar-refractivity contribution in [2.24, 2.45) is 0 Å². The van der Waals surface area contributed by atoms with Gasteiger partial charge in [0.25, 0.3) is 0 Å². The van der Waals surface area contributed by atoms with E-state index in [0.717, 1.165) is 12.4 Å². The zero-order chi connectivity index (χ0) is 10.5. The van der Waals surface area contributed by atoms with E-state index in [9.17, 15) is 0 Å². The first-order valence-corrected chi connectivity index (χ1v) is 5.85. The molecule has 0 radical (unpaired) electrons. The topological polar surface area (TPSA) is 9.23 Å². The van der Waals surface area contributed by atoms with Crippen LogP contribution in [-0.2, 0) is 0 Å². The van der Waals surface area contributed by atoms with Crippen molar-refractivity contribution in [2.75, 3.05) is 6.61 Å². The van der Waals surface area contributed by atoms with Gasteiger partial charge in [-0.05, 0) is 18.1 Å². The minimum absolute atomic E-state index is 0.851. The molecule has 0 aliphatic heterocycles. The molecular weight excluding hydrogens is 184 g/mol. The Morgan fingerprint density at radius 2 is 2.00 bits per heavy atom. The minimum atomic E-state index is 0.851. The number of hydrogen-bond donors (Lipinski definition) is 0. The van der Waals surface area contributed by atoms with Crippen molar-refractivity contribution < 1.29 is 4.74 Å². The van der Waals surface area contributed by atoms with Crippen LogP contribution in [0.3, 0.4) is 0 Å². The Kier molecular flexibility index (Phi) is 3.44. The van der Waals surface area contributed by atoms with Gasteiger partial charge in [0.2, 0.25) is 0 Å². The van der Waals surface area contributed by atoms with Crippen LogP contribution in [0.25, 0.3) is 12.2 Å². The first-order valence-electron chi connectivity index (χ1n) is 5.85. The molecule has 15 heavy (non-hydrogen) atoms. The van der Waals surface area contributed by atoms with E-state index in [-0.39, 0.29) is 0 Å². The van der Waals surface area contributed by atoms with Crippen LogP contribution in [0.4, 0.5) is 0 Å². The van der Waals surface area contributed by atoms with Crippen molar-refractivity contribution in [3.05, 3.63) is 29.3 Å². The Morgan fingerprint density at radius 1 is 1.07 bits per heavy atom. The maximum absolute atomic E-state index is 5.76. The molecule has 0 saturated carbocycles. The molecule has 0 unspecified atom stereocenters. The van der Waals surface area contributed by atoms with E-state index in [2.05, 4.69) is 37.3 Å². The Balaban J connectivity index is 1.78. The van der Waals surface area contributed by atoms with E-state index in [1.165, 1.54) is 36.8 Å². The number of unbranched alkanes of at least 4 members (excludes halogenated alkanes) is 3. The summed E-state index contributed by atoms with van der Waals surface area (Å²) in [5, 5.41) is 0. The van der Waals surface area contributed by atoms with Crippen LogP contribution >= 0.6 is 0 Å². The Labute approximate surface area is 91.8 Å². The van der Waals surface area contributed by atoms with E-state index < -0.39 is 0 Å². The lowest BCUT2D eigenvalue weighted by Crippen LogP contribution is -2.01. The summed E-state index contributed by atoms with van der Waals surface area (Å²) in [7, 11) is 0. The zero-order valence-electron chi connectivity index (χ0n) is 9.33. The SMILES string of the molecule is CCCCCCOc1cccc2c1C=C2. The van der Waals surface area contributed by atoms with Gasteiger partial charge in [0, 0.05) is 5.56 Å². The fourth-order valence-electron chi connectivity index (χ4n) is 1.80. The van der Waals surface area contributed by atoms with Gasteiger partial charge >= 0.3 is 0 Å². The first kappa shape index (κ1) is 10.3. The van der Waals surface area contributed by atoms with E-state index in [1.54, 1.807) is 0 Å². The average molecular weight is 202 g/mol. The van der Waals surface area contributed by atoms with E-state index in [4.69, 9.17) is 4.74 Å². The molecule has 0 fully saturated rings. The average Bonchev–Trinajstić information content (AvgIpc) is 2.20. The summed E-state index contributed by atoms with van der Waals surface area (Å²) in [4.78, 5) is 0. The standard InChI is InChI=1S/C14H18O/c1-2-3-4-5-11-15-14-8-6-7-12-9-10-13(12)14/h6-10H,2-5,11H2,1H3. The minimum Gasteiger partial charge on any atom is -0.493 e. The Hall–Kier alpha value is -1.24. The maximum Gasteiger partial charge on any atom is 0.127 e. The molecule has 0 N–H and O–H groups in total. The summed E-state index contributed by atoms with van der Waals surface area (Å²) in [6, 6.07) is 6.24. The van der Waals surface area contributed by atoms with Crippen LogP contribution in [0.15, 0.2) is 18.2 Å². The van der Waals surface area contributed by atoms with Crippen LogP contribution in [-0.4, -0.2) is 6.61 Å². The highest BCUT2D eigenvalue weighted by atomic mass is 16.5. The van der Waals surface area contributed by atoms with Crippen LogP contribution in [0.5, 0.6) is 5.75 Å². The second kappa shape index (κ2) is 5.01. The molecule has 0 aromatic heterocycles. The lowest BCUT2D eigenvalue weighted by molar-refractivity contribution is 0.304. The lowest BCUT2D eigenvalue weighted by atomic mass is 9.97. The van der Waals surface area contributed by atoms with Gasteiger partial charge in [0.05, 0.1) is 6.61 Å². The van der Waals surface area contributed by atoms with Crippen molar-refractivity contribution in [1.29, 1.82) is 0 Å². The second-order valence-corrected chi connectivity index (χ2v) is 4.00. The quantitative estimate of drug-likeness (QED) is 0.640. The molecule has 1 aromatic carbocycles. The van der Waals surface area contributed by atoms with Gasteiger partial charge in [-0.25, -0.2) is 0 Å². The molecule has 1 heteroatoms. The summed E-state index contributed by atoms with van der Waals surface area (Å²) >= 11 is 0. The predicted molar refractivity (Wildman–Crippen MR) is 65.0 cm³/mol. The number of fused-ring (bicyclic) bond motifs is 1. The lowest BCUT2D eigenvalue weighted by Gasteiger charge is -2.15. The van der Waals surface area contributed by atoms with Crippen LogP contribution in [0.2, 0.25) is 0 Å².